The van der Waals surface area contributed by atoms with Crippen LogP contribution in [0.2, 0.25) is 0 Å². The van der Waals surface area contributed by atoms with E-state index in [1.165, 1.54) is 0 Å². The molecule has 0 amide bonds. The zero-order valence-electron chi connectivity index (χ0n) is 6.55. The van der Waals surface area contributed by atoms with E-state index in [9.17, 15) is 0 Å². The number of anilines is 1. The number of aromatic nitrogens is 2. The molecule has 0 aromatic carbocycles. The van der Waals surface area contributed by atoms with Crippen LogP contribution in [0.5, 0.6) is 0 Å². The van der Waals surface area contributed by atoms with Crippen molar-refractivity contribution < 1.29 is 0 Å². The van der Waals surface area contributed by atoms with Crippen molar-refractivity contribution >= 4 is 11.8 Å². The Kier molecular flexibility index (Phi) is 2.10. The van der Waals surface area contributed by atoms with Gasteiger partial charge >= 0.3 is 0 Å². The number of nitrogens with two attached hydrogens (primary N) is 1. The summed E-state index contributed by atoms with van der Waals surface area (Å²) < 4.78 is 0. The third-order valence-corrected chi connectivity index (χ3v) is 1.20. The smallest absolute Gasteiger partial charge is 0.194 e. The minimum Gasteiger partial charge on any atom is -0.370 e. The molecule has 0 unspecified atom stereocenters. The predicted octanol–water partition coefficient (Wildman–Crippen LogP) is 0.0745. The van der Waals surface area contributed by atoms with E-state index < -0.39 is 0 Å². The second-order valence-corrected chi connectivity index (χ2v) is 2.17. The van der Waals surface area contributed by atoms with Gasteiger partial charge in [-0.15, -0.1) is 0 Å². The standard InChI is InChI=1S/C6H11N5/c1-4-3-5(11-10-4)9-6(7)8-2/h3H,1-2H3,(H4,7,8,9,10,11). The predicted molar refractivity (Wildman–Crippen MR) is 44.5 cm³/mol. The van der Waals surface area contributed by atoms with Crippen molar-refractivity contribution in [3.63, 3.8) is 0 Å². The lowest BCUT2D eigenvalue weighted by molar-refractivity contribution is 1.05. The Morgan fingerprint density at radius 2 is 2.55 bits per heavy atom. The van der Waals surface area contributed by atoms with Crippen molar-refractivity contribution in [1.29, 1.82) is 0 Å². The molecule has 1 aromatic rings. The van der Waals surface area contributed by atoms with E-state index in [1.807, 2.05) is 13.0 Å². The molecular weight excluding hydrogens is 142 g/mol. The zero-order chi connectivity index (χ0) is 8.27. The molecule has 5 heteroatoms. The third-order valence-electron chi connectivity index (χ3n) is 1.20. The Balaban J connectivity index is 2.65. The number of guanidine groups is 1. The molecule has 1 rings (SSSR count). The van der Waals surface area contributed by atoms with E-state index >= 15 is 0 Å². The van der Waals surface area contributed by atoms with Gasteiger partial charge in [-0.05, 0) is 6.92 Å². The van der Waals surface area contributed by atoms with Gasteiger partial charge in [-0.3, -0.25) is 10.1 Å². The molecule has 0 radical (unpaired) electrons. The van der Waals surface area contributed by atoms with Crippen molar-refractivity contribution in [3.8, 4) is 0 Å². The summed E-state index contributed by atoms with van der Waals surface area (Å²) in [4.78, 5) is 3.72. The van der Waals surface area contributed by atoms with Crippen molar-refractivity contribution in [2.24, 2.45) is 10.7 Å². The fourth-order valence-electron chi connectivity index (χ4n) is 0.669. The summed E-state index contributed by atoms with van der Waals surface area (Å²) in [5, 5.41) is 9.48. The number of nitrogens with one attached hydrogen (secondary N) is 2. The number of aryl methyl sites for hydroxylation is 1. The highest BCUT2D eigenvalue weighted by Crippen LogP contribution is 2.01. The van der Waals surface area contributed by atoms with Gasteiger partial charge in [0.25, 0.3) is 0 Å². The molecular formula is C6H11N5. The second-order valence-electron chi connectivity index (χ2n) is 2.17. The molecule has 1 aromatic heterocycles. The monoisotopic (exact) mass is 153 g/mol. The van der Waals surface area contributed by atoms with E-state index in [1.54, 1.807) is 7.05 Å². The SMILES string of the molecule is CN=C(N)Nc1cc(C)[nH]n1. The molecule has 0 aliphatic carbocycles. The van der Waals surface area contributed by atoms with Crippen molar-refractivity contribution in [2.75, 3.05) is 12.4 Å². The summed E-state index contributed by atoms with van der Waals surface area (Å²) >= 11 is 0. The summed E-state index contributed by atoms with van der Waals surface area (Å²) in [6.07, 6.45) is 0. The normalized spacial score (nSPS) is 11.6. The van der Waals surface area contributed by atoms with Gasteiger partial charge in [0, 0.05) is 18.8 Å². The van der Waals surface area contributed by atoms with Crippen LogP contribution in [0.25, 0.3) is 0 Å². The quantitative estimate of drug-likeness (QED) is 0.394. The topological polar surface area (TPSA) is 79.1 Å². The van der Waals surface area contributed by atoms with Gasteiger partial charge in [-0.25, -0.2) is 0 Å². The molecule has 0 aliphatic rings. The van der Waals surface area contributed by atoms with Crippen LogP contribution in [-0.4, -0.2) is 23.2 Å². The number of nitrogens with zero attached hydrogens (tertiary/aromatic N) is 2. The van der Waals surface area contributed by atoms with Crippen LogP contribution in [-0.2, 0) is 0 Å². The van der Waals surface area contributed by atoms with Crippen LogP contribution in [0.15, 0.2) is 11.1 Å². The molecule has 0 saturated heterocycles. The first-order valence-electron chi connectivity index (χ1n) is 3.23. The summed E-state index contributed by atoms with van der Waals surface area (Å²) in [6.45, 7) is 1.91. The molecule has 0 spiro atoms. The maximum Gasteiger partial charge on any atom is 0.194 e. The minimum atomic E-state index is 0.358. The Bertz CT molecular complexity index is 262. The second kappa shape index (κ2) is 3.05. The van der Waals surface area contributed by atoms with E-state index in [4.69, 9.17) is 5.73 Å². The molecule has 0 saturated carbocycles. The summed E-state index contributed by atoms with van der Waals surface area (Å²) in [5.41, 5.74) is 6.38. The first-order chi connectivity index (χ1) is 5.22. The molecule has 60 valence electrons. The Labute approximate surface area is 64.7 Å². The summed E-state index contributed by atoms with van der Waals surface area (Å²) in [7, 11) is 1.61. The van der Waals surface area contributed by atoms with Crippen molar-refractivity contribution in [2.45, 2.75) is 6.92 Å². The molecule has 4 N–H and O–H groups in total. The van der Waals surface area contributed by atoms with Crippen LogP contribution < -0.4 is 11.1 Å². The number of hydrogen-bond donors (Lipinski definition) is 3. The summed E-state index contributed by atoms with van der Waals surface area (Å²) in [6, 6.07) is 1.85. The lowest BCUT2D eigenvalue weighted by atomic mass is 10.5. The van der Waals surface area contributed by atoms with Crippen LogP contribution in [0.3, 0.4) is 0 Å². The lowest BCUT2D eigenvalue weighted by Gasteiger charge is -1.97. The Morgan fingerprint density at radius 3 is 3.00 bits per heavy atom. The van der Waals surface area contributed by atoms with Crippen LogP contribution in [0.4, 0.5) is 5.82 Å². The molecule has 0 bridgehead atoms. The fraction of sp³-hybridized carbons (Fsp3) is 0.333. The Morgan fingerprint density at radius 1 is 1.82 bits per heavy atom. The van der Waals surface area contributed by atoms with Crippen molar-refractivity contribution in [1.82, 2.24) is 10.2 Å². The highest BCUT2D eigenvalue weighted by Gasteiger charge is 1.96. The van der Waals surface area contributed by atoms with Gasteiger partial charge in [0.2, 0.25) is 0 Å². The van der Waals surface area contributed by atoms with E-state index in [2.05, 4.69) is 20.5 Å². The highest BCUT2D eigenvalue weighted by atomic mass is 15.2. The number of aliphatic imine (C=N–C) groups is 1. The first-order valence-corrected chi connectivity index (χ1v) is 3.23. The maximum absolute atomic E-state index is 5.40. The summed E-state index contributed by atoms with van der Waals surface area (Å²) in [5.74, 6) is 1.04. The molecule has 1 heterocycles. The zero-order valence-corrected chi connectivity index (χ0v) is 6.55. The highest BCUT2D eigenvalue weighted by molar-refractivity contribution is 5.91. The minimum absolute atomic E-state index is 0.358. The number of H-pyrrole nitrogens is 1. The largest absolute Gasteiger partial charge is 0.370 e. The molecule has 0 atom stereocenters. The van der Waals surface area contributed by atoms with Crippen LogP contribution >= 0.6 is 0 Å². The molecule has 11 heavy (non-hydrogen) atoms. The average molecular weight is 153 g/mol. The van der Waals surface area contributed by atoms with Gasteiger partial charge in [-0.1, -0.05) is 0 Å². The number of rotatable bonds is 1. The van der Waals surface area contributed by atoms with Gasteiger partial charge < -0.3 is 11.1 Å². The van der Waals surface area contributed by atoms with Gasteiger partial charge in [-0.2, -0.15) is 5.10 Å². The van der Waals surface area contributed by atoms with Crippen molar-refractivity contribution in [3.05, 3.63) is 11.8 Å². The first kappa shape index (κ1) is 7.59. The number of hydrogen-bond acceptors (Lipinski definition) is 2. The van der Waals surface area contributed by atoms with Crippen LogP contribution in [0, 0.1) is 6.92 Å². The third kappa shape index (κ3) is 1.96. The molecule has 5 nitrogen and oxygen atoms in total. The van der Waals surface area contributed by atoms with E-state index in [-0.39, 0.29) is 0 Å². The Hall–Kier alpha value is -1.52. The van der Waals surface area contributed by atoms with Crippen LogP contribution in [0.1, 0.15) is 5.69 Å². The fourth-order valence-corrected chi connectivity index (χ4v) is 0.669. The number of aromatic amines is 1. The van der Waals surface area contributed by atoms with Gasteiger partial charge in [0.15, 0.2) is 11.8 Å². The molecule has 0 aliphatic heterocycles. The molecule has 0 fully saturated rings. The average Bonchev–Trinajstić information content (AvgIpc) is 2.35. The maximum atomic E-state index is 5.40. The van der Waals surface area contributed by atoms with Gasteiger partial charge in [0.1, 0.15) is 0 Å². The van der Waals surface area contributed by atoms with Gasteiger partial charge in [0.05, 0.1) is 0 Å². The van der Waals surface area contributed by atoms with E-state index in [0.29, 0.717) is 11.8 Å². The van der Waals surface area contributed by atoms with E-state index in [0.717, 1.165) is 5.69 Å². The lowest BCUT2D eigenvalue weighted by Crippen LogP contribution is -2.22.